The second kappa shape index (κ2) is 11.3. The lowest BCUT2D eigenvalue weighted by molar-refractivity contribution is -0.881. The van der Waals surface area contributed by atoms with Gasteiger partial charge in [-0.2, -0.15) is 0 Å². The standard InChI is InChI=1S/C26H33N3O4S/c30-23(22-14-9-17-34-22)28-21(18-19-10-3-1-4-11-19)25(32)29(15-7-8-16-29)26(33)24(31)27-20-12-5-2-6-13-20/h1,3-4,9-11,14,17,20-21,26,33H,2,5-8,12-13,15-16,18H2,(H-,27,28,30,31)/p+1. The molecule has 0 bridgehead atoms. The van der Waals surface area contributed by atoms with Gasteiger partial charge in [-0.15, -0.1) is 11.3 Å². The molecule has 1 aromatic carbocycles. The molecule has 3 amide bonds. The van der Waals surface area contributed by atoms with E-state index in [1.807, 2.05) is 35.7 Å². The quantitative estimate of drug-likeness (QED) is 0.502. The molecule has 34 heavy (non-hydrogen) atoms. The van der Waals surface area contributed by atoms with Crippen molar-refractivity contribution in [1.82, 2.24) is 10.6 Å². The number of carbonyl (C=O) groups is 3. The first-order chi connectivity index (χ1) is 16.5. The van der Waals surface area contributed by atoms with Crippen LogP contribution in [-0.4, -0.2) is 58.7 Å². The molecule has 1 aromatic heterocycles. The predicted octanol–water partition coefficient (Wildman–Crippen LogP) is 2.99. The summed E-state index contributed by atoms with van der Waals surface area (Å²) in [5.41, 5.74) is 0.908. The second-order valence-corrected chi connectivity index (χ2v) is 10.4. The lowest BCUT2D eigenvalue weighted by Gasteiger charge is -2.38. The fourth-order valence-electron chi connectivity index (χ4n) is 5.23. The molecule has 2 unspecified atom stereocenters. The van der Waals surface area contributed by atoms with Crippen molar-refractivity contribution in [3.05, 3.63) is 58.3 Å². The number of thiophene rings is 1. The molecule has 2 fully saturated rings. The van der Waals surface area contributed by atoms with Gasteiger partial charge in [0.1, 0.15) is 6.04 Å². The van der Waals surface area contributed by atoms with Gasteiger partial charge >= 0.3 is 11.8 Å². The molecule has 8 heteroatoms. The van der Waals surface area contributed by atoms with Crippen LogP contribution in [0.4, 0.5) is 0 Å². The highest BCUT2D eigenvalue weighted by atomic mass is 32.1. The van der Waals surface area contributed by atoms with Crippen LogP contribution < -0.4 is 10.6 Å². The summed E-state index contributed by atoms with van der Waals surface area (Å²) in [6.45, 7) is 0.774. The molecule has 1 saturated carbocycles. The zero-order valence-corrected chi connectivity index (χ0v) is 20.3. The lowest BCUT2D eigenvalue weighted by Crippen LogP contribution is -2.67. The topological polar surface area (TPSA) is 95.5 Å². The van der Waals surface area contributed by atoms with Crippen molar-refractivity contribution in [3.8, 4) is 0 Å². The van der Waals surface area contributed by atoms with Crippen molar-refractivity contribution in [2.24, 2.45) is 0 Å². The van der Waals surface area contributed by atoms with Crippen molar-refractivity contribution < 1.29 is 24.0 Å². The first kappa shape index (κ1) is 24.6. The minimum atomic E-state index is -1.48. The number of aliphatic hydroxyl groups excluding tert-OH is 1. The number of rotatable bonds is 8. The highest BCUT2D eigenvalue weighted by molar-refractivity contribution is 7.12. The number of nitrogens with zero attached hydrogens (tertiary/aromatic N) is 1. The van der Waals surface area contributed by atoms with E-state index in [2.05, 4.69) is 10.6 Å². The lowest BCUT2D eigenvalue weighted by atomic mass is 9.95. The number of hydrogen-bond donors (Lipinski definition) is 3. The summed E-state index contributed by atoms with van der Waals surface area (Å²) in [5.74, 6) is -1.11. The smallest absolute Gasteiger partial charge is 0.339 e. The zero-order valence-electron chi connectivity index (χ0n) is 19.4. The van der Waals surface area contributed by atoms with Crippen molar-refractivity contribution >= 4 is 29.1 Å². The molecular formula is C26H34N3O4S+. The Morgan fingerprint density at radius 2 is 1.68 bits per heavy atom. The Balaban J connectivity index is 1.56. The number of hydrogen-bond acceptors (Lipinski definition) is 5. The van der Waals surface area contributed by atoms with Gasteiger partial charge in [0.25, 0.3) is 12.1 Å². The highest BCUT2D eigenvalue weighted by Crippen LogP contribution is 2.27. The Morgan fingerprint density at radius 1 is 0.971 bits per heavy atom. The normalized spacial score (nSPS) is 19.8. The summed E-state index contributed by atoms with van der Waals surface area (Å²) in [7, 11) is 0. The van der Waals surface area contributed by atoms with E-state index in [0.29, 0.717) is 24.4 Å². The van der Waals surface area contributed by atoms with Gasteiger partial charge in [-0.3, -0.25) is 9.59 Å². The van der Waals surface area contributed by atoms with E-state index < -0.39 is 18.2 Å². The largest absolute Gasteiger partial charge is 0.346 e. The summed E-state index contributed by atoms with van der Waals surface area (Å²) >= 11 is 1.31. The van der Waals surface area contributed by atoms with Gasteiger partial charge in [0.15, 0.2) is 0 Å². The Labute approximate surface area is 204 Å². The van der Waals surface area contributed by atoms with E-state index in [1.165, 1.54) is 17.8 Å². The molecule has 7 nitrogen and oxygen atoms in total. The summed E-state index contributed by atoms with van der Waals surface area (Å²) in [5, 5.41) is 18.9. The maximum absolute atomic E-state index is 14.0. The van der Waals surface area contributed by atoms with Gasteiger partial charge < -0.3 is 15.7 Å². The molecule has 1 aliphatic carbocycles. The predicted molar refractivity (Wildman–Crippen MR) is 131 cm³/mol. The number of carbonyl (C=O) groups excluding carboxylic acids is 3. The Kier molecular flexibility index (Phi) is 8.13. The van der Waals surface area contributed by atoms with E-state index in [4.69, 9.17) is 0 Å². The molecule has 2 heterocycles. The van der Waals surface area contributed by atoms with Crippen molar-refractivity contribution in [1.29, 1.82) is 0 Å². The molecule has 2 aromatic rings. The van der Waals surface area contributed by atoms with Crippen molar-refractivity contribution in [3.63, 3.8) is 0 Å². The molecule has 3 N–H and O–H groups in total. The molecule has 2 atom stereocenters. The van der Waals surface area contributed by atoms with E-state index in [-0.39, 0.29) is 22.3 Å². The zero-order chi connectivity index (χ0) is 24.0. The fourth-order valence-corrected chi connectivity index (χ4v) is 5.86. The molecule has 0 spiro atoms. The van der Waals surface area contributed by atoms with E-state index in [9.17, 15) is 19.5 Å². The Hall–Kier alpha value is -2.55. The molecule has 4 rings (SSSR count). The van der Waals surface area contributed by atoms with Gasteiger partial charge in [0.2, 0.25) is 0 Å². The number of nitrogens with one attached hydrogen (secondary N) is 2. The van der Waals surface area contributed by atoms with Crippen LogP contribution in [0.3, 0.4) is 0 Å². The summed E-state index contributed by atoms with van der Waals surface area (Å²) < 4.78 is -0.333. The number of amides is 3. The third-order valence-corrected chi connectivity index (χ3v) is 7.96. The first-order valence-electron chi connectivity index (χ1n) is 12.3. The molecular weight excluding hydrogens is 450 g/mol. The minimum Gasteiger partial charge on any atom is -0.346 e. The molecule has 182 valence electrons. The van der Waals surface area contributed by atoms with Crippen LogP contribution in [0.15, 0.2) is 47.8 Å². The van der Waals surface area contributed by atoms with Crippen LogP contribution in [0.1, 0.15) is 60.2 Å². The second-order valence-electron chi connectivity index (χ2n) is 9.44. The first-order valence-corrected chi connectivity index (χ1v) is 13.2. The fraction of sp³-hybridized carbons (Fsp3) is 0.500. The third-order valence-electron chi connectivity index (χ3n) is 7.09. The van der Waals surface area contributed by atoms with E-state index in [1.54, 1.807) is 12.1 Å². The molecule has 2 aliphatic rings. The van der Waals surface area contributed by atoms with Crippen LogP contribution >= 0.6 is 11.3 Å². The van der Waals surface area contributed by atoms with Gasteiger partial charge in [-0.25, -0.2) is 9.28 Å². The van der Waals surface area contributed by atoms with Gasteiger partial charge in [-0.05, 0) is 29.9 Å². The van der Waals surface area contributed by atoms with Crippen LogP contribution in [-0.2, 0) is 16.0 Å². The van der Waals surface area contributed by atoms with Crippen molar-refractivity contribution in [2.75, 3.05) is 13.1 Å². The monoisotopic (exact) mass is 484 g/mol. The van der Waals surface area contributed by atoms with E-state index >= 15 is 0 Å². The van der Waals surface area contributed by atoms with Crippen LogP contribution in [0.25, 0.3) is 0 Å². The Morgan fingerprint density at radius 3 is 2.32 bits per heavy atom. The molecule has 0 radical (unpaired) electrons. The number of benzene rings is 1. The number of aliphatic hydroxyl groups is 1. The van der Waals surface area contributed by atoms with Crippen LogP contribution in [0.2, 0.25) is 0 Å². The summed E-state index contributed by atoms with van der Waals surface area (Å²) in [4.78, 5) is 40.5. The Bertz CT molecular complexity index is 967. The van der Waals surface area contributed by atoms with Gasteiger partial charge in [0.05, 0.1) is 18.0 Å². The maximum atomic E-state index is 14.0. The van der Waals surface area contributed by atoms with Crippen molar-refractivity contribution in [2.45, 2.75) is 69.7 Å². The number of likely N-dealkylation sites (tertiary alicyclic amines) is 1. The maximum Gasteiger partial charge on any atom is 0.339 e. The average molecular weight is 485 g/mol. The summed E-state index contributed by atoms with van der Waals surface area (Å²) in [6, 6.07) is 12.2. The van der Waals surface area contributed by atoms with Gasteiger partial charge in [-0.1, -0.05) is 55.7 Å². The molecule has 1 aliphatic heterocycles. The van der Waals surface area contributed by atoms with Crippen LogP contribution in [0, 0.1) is 0 Å². The molecule has 1 saturated heterocycles. The minimum absolute atomic E-state index is 0.0484. The highest BCUT2D eigenvalue weighted by Gasteiger charge is 2.52. The van der Waals surface area contributed by atoms with Crippen LogP contribution in [0.5, 0.6) is 0 Å². The average Bonchev–Trinajstić information content (AvgIpc) is 3.57. The summed E-state index contributed by atoms with van der Waals surface area (Å²) in [6.07, 6.45) is 5.41. The van der Waals surface area contributed by atoms with E-state index in [0.717, 1.165) is 44.1 Å². The number of quaternary nitrogens is 1. The third kappa shape index (κ3) is 5.56. The SMILES string of the molecule is O=C(NC(Cc1ccccc1)C(=O)[N+]1(C(O)C(=O)NC2CCCCC2)CCCC1)c1cccs1. The van der Waals surface area contributed by atoms with Gasteiger partial charge in [0, 0.05) is 25.3 Å².